The van der Waals surface area contributed by atoms with E-state index in [9.17, 15) is 14.7 Å². The summed E-state index contributed by atoms with van der Waals surface area (Å²) in [7, 11) is 0. The highest BCUT2D eigenvalue weighted by Gasteiger charge is 2.46. The fourth-order valence-corrected chi connectivity index (χ4v) is 3.63. The molecular formula is C17H22N4O4. The lowest BCUT2D eigenvalue weighted by molar-refractivity contribution is -0.142. The minimum atomic E-state index is -0.936. The van der Waals surface area contributed by atoms with Gasteiger partial charge < -0.3 is 19.6 Å². The van der Waals surface area contributed by atoms with Gasteiger partial charge in [0.05, 0.1) is 25.2 Å². The smallest absolute Gasteiger partial charge is 0.309 e. The molecule has 0 unspecified atom stereocenters. The minimum Gasteiger partial charge on any atom is -0.481 e. The number of hydrogen-bond acceptors (Lipinski definition) is 6. The van der Waals surface area contributed by atoms with E-state index in [-0.39, 0.29) is 12.3 Å². The molecule has 3 fully saturated rings. The van der Waals surface area contributed by atoms with Gasteiger partial charge >= 0.3 is 5.97 Å². The highest BCUT2D eigenvalue weighted by atomic mass is 16.5. The standard InChI is InChI=1S/C17H22N4O4/c22-14-7-13(16(23)24)15(21(14)10-11-1-2-11)12-8-18-17(19-9-12)20-3-5-25-6-4-20/h8-9,11,13,15H,1-7,10H2,(H,23,24)/t13-,15-/m0/s1. The van der Waals surface area contributed by atoms with E-state index in [2.05, 4.69) is 9.97 Å². The lowest BCUT2D eigenvalue weighted by Crippen LogP contribution is -2.37. The van der Waals surface area contributed by atoms with E-state index in [0.717, 1.165) is 25.9 Å². The summed E-state index contributed by atoms with van der Waals surface area (Å²) in [6.45, 7) is 3.43. The van der Waals surface area contributed by atoms with Crippen LogP contribution < -0.4 is 4.90 Å². The molecular weight excluding hydrogens is 324 g/mol. The molecule has 1 aromatic rings. The number of aromatic nitrogens is 2. The molecule has 1 amide bonds. The number of morpholine rings is 1. The van der Waals surface area contributed by atoms with Crippen LogP contribution in [0.1, 0.15) is 30.9 Å². The van der Waals surface area contributed by atoms with Gasteiger partial charge in [-0.3, -0.25) is 9.59 Å². The number of carboxylic acid groups (broad SMARTS) is 1. The lowest BCUT2D eigenvalue weighted by Gasteiger charge is -2.29. The van der Waals surface area contributed by atoms with Crippen LogP contribution in [0.3, 0.4) is 0 Å². The van der Waals surface area contributed by atoms with Crippen LogP contribution in [0.2, 0.25) is 0 Å². The molecule has 8 heteroatoms. The molecule has 2 saturated heterocycles. The van der Waals surface area contributed by atoms with Crippen molar-refractivity contribution in [3.8, 4) is 0 Å². The molecule has 4 rings (SSSR count). The molecule has 2 atom stereocenters. The Hall–Kier alpha value is -2.22. The maximum atomic E-state index is 12.4. The number of hydrogen-bond donors (Lipinski definition) is 1. The molecule has 2 aliphatic heterocycles. The molecule has 3 aliphatic rings. The number of carbonyl (C=O) groups is 2. The summed E-state index contributed by atoms with van der Waals surface area (Å²) in [5.41, 5.74) is 0.705. The third-order valence-electron chi connectivity index (χ3n) is 5.19. The average molecular weight is 346 g/mol. The van der Waals surface area contributed by atoms with Crippen LogP contribution in [0.15, 0.2) is 12.4 Å². The van der Waals surface area contributed by atoms with Crippen LogP contribution in [0.25, 0.3) is 0 Å². The Morgan fingerprint density at radius 3 is 2.52 bits per heavy atom. The molecule has 1 saturated carbocycles. The Balaban J connectivity index is 1.57. The third kappa shape index (κ3) is 3.30. The van der Waals surface area contributed by atoms with Crippen molar-refractivity contribution in [3.63, 3.8) is 0 Å². The Bertz CT molecular complexity index is 655. The molecule has 25 heavy (non-hydrogen) atoms. The quantitative estimate of drug-likeness (QED) is 0.838. The van der Waals surface area contributed by atoms with Gasteiger partial charge in [-0.25, -0.2) is 9.97 Å². The molecule has 0 radical (unpaired) electrons. The number of amides is 1. The summed E-state index contributed by atoms with van der Waals surface area (Å²) < 4.78 is 5.33. The van der Waals surface area contributed by atoms with E-state index < -0.39 is 17.9 Å². The molecule has 1 aromatic heterocycles. The number of carbonyl (C=O) groups excluding carboxylic acids is 1. The van der Waals surface area contributed by atoms with Gasteiger partial charge in [-0.05, 0) is 18.8 Å². The number of anilines is 1. The van der Waals surface area contributed by atoms with E-state index in [1.807, 2.05) is 4.90 Å². The fourth-order valence-electron chi connectivity index (χ4n) is 3.63. The van der Waals surface area contributed by atoms with E-state index in [1.54, 1.807) is 17.3 Å². The maximum Gasteiger partial charge on any atom is 0.309 e. The first-order valence-corrected chi connectivity index (χ1v) is 8.80. The van der Waals surface area contributed by atoms with Gasteiger partial charge in [0.1, 0.15) is 0 Å². The summed E-state index contributed by atoms with van der Waals surface area (Å²) >= 11 is 0. The number of nitrogens with zero attached hydrogens (tertiary/aromatic N) is 4. The van der Waals surface area contributed by atoms with Gasteiger partial charge in [-0.1, -0.05) is 0 Å². The molecule has 0 bridgehead atoms. The number of carboxylic acids is 1. The van der Waals surface area contributed by atoms with Crippen LogP contribution in [-0.2, 0) is 14.3 Å². The molecule has 1 N–H and O–H groups in total. The summed E-state index contributed by atoms with van der Waals surface area (Å²) in [4.78, 5) is 36.6. The monoisotopic (exact) mass is 346 g/mol. The topological polar surface area (TPSA) is 95.9 Å². The normalized spacial score (nSPS) is 27.0. The van der Waals surface area contributed by atoms with Crippen LogP contribution in [0, 0.1) is 11.8 Å². The van der Waals surface area contributed by atoms with Crippen molar-refractivity contribution in [2.24, 2.45) is 11.8 Å². The summed E-state index contributed by atoms with van der Waals surface area (Å²) in [5.74, 6) is -0.621. The number of likely N-dealkylation sites (tertiary alicyclic amines) is 1. The highest BCUT2D eigenvalue weighted by Crippen LogP contribution is 2.41. The average Bonchev–Trinajstić information content (AvgIpc) is 3.39. The summed E-state index contributed by atoms with van der Waals surface area (Å²) in [6, 6.07) is -0.468. The van der Waals surface area contributed by atoms with Gasteiger partial charge in [0.25, 0.3) is 0 Å². The molecule has 1 aliphatic carbocycles. The predicted molar refractivity (Wildman–Crippen MR) is 88.0 cm³/mol. The van der Waals surface area contributed by atoms with Crippen LogP contribution in [0.4, 0.5) is 5.95 Å². The second kappa shape index (κ2) is 6.59. The number of aliphatic carboxylic acids is 1. The molecule has 8 nitrogen and oxygen atoms in total. The minimum absolute atomic E-state index is 0.0535. The second-order valence-electron chi connectivity index (χ2n) is 7.00. The zero-order valence-electron chi connectivity index (χ0n) is 14.0. The lowest BCUT2D eigenvalue weighted by atomic mass is 9.95. The predicted octanol–water partition coefficient (Wildman–Crippen LogP) is 0.697. The van der Waals surface area contributed by atoms with Gasteiger partial charge in [-0.2, -0.15) is 0 Å². The Morgan fingerprint density at radius 1 is 1.24 bits per heavy atom. The highest BCUT2D eigenvalue weighted by molar-refractivity contribution is 5.87. The first-order valence-electron chi connectivity index (χ1n) is 8.80. The van der Waals surface area contributed by atoms with Crippen molar-refractivity contribution in [1.82, 2.24) is 14.9 Å². The zero-order chi connectivity index (χ0) is 17.4. The molecule has 3 heterocycles. The van der Waals surface area contributed by atoms with Crippen molar-refractivity contribution >= 4 is 17.8 Å². The van der Waals surface area contributed by atoms with Crippen LogP contribution >= 0.6 is 0 Å². The zero-order valence-corrected chi connectivity index (χ0v) is 14.0. The van der Waals surface area contributed by atoms with E-state index in [4.69, 9.17) is 4.74 Å². The van der Waals surface area contributed by atoms with Crippen molar-refractivity contribution in [2.45, 2.75) is 25.3 Å². The first-order chi connectivity index (χ1) is 12.1. The largest absolute Gasteiger partial charge is 0.481 e. The van der Waals surface area contributed by atoms with Crippen LogP contribution in [0.5, 0.6) is 0 Å². The molecule has 0 aromatic carbocycles. The maximum absolute atomic E-state index is 12.4. The van der Waals surface area contributed by atoms with Crippen LogP contribution in [-0.4, -0.2) is 64.7 Å². The molecule has 0 spiro atoms. The van der Waals surface area contributed by atoms with Gasteiger partial charge in [0.2, 0.25) is 11.9 Å². The van der Waals surface area contributed by atoms with E-state index in [1.165, 1.54) is 0 Å². The number of ether oxygens (including phenoxy) is 1. The van der Waals surface area contributed by atoms with Crippen molar-refractivity contribution in [1.29, 1.82) is 0 Å². The summed E-state index contributed by atoms with van der Waals surface area (Å²) in [5, 5.41) is 9.55. The fraction of sp³-hybridized carbons (Fsp3) is 0.647. The third-order valence-corrected chi connectivity index (χ3v) is 5.19. The SMILES string of the molecule is O=C(O)[C@H]1CC(=O)N(CC2CC2)[C@H]1c1cnc(N2CCOCC2)nc1. The van der Waals surface area contributed by atoms with Gasteiger partial charge in [-0.15, -0.1) is 0 Å². The first kappa shape index (κ1) is 16.3. The molecule has 134 valence electrons. The number of rotatable bonds is 5. The van der Waals surface area contributed by atoms with Crippen molar-refractivity contribution < 1.29 is 19.4 Å². The second-order valence-corrected chi connectivity index (χ2v) is 7.00. The Morgan fingerprint density at radius 2 is 1.92 bits per heavy atom. The van der Waals surface area contributed by atoms with Gasteiger partial charge in [0, 0.05) is 44.0 Å². The van der Waals surface area contributed by atoms with Crippen molar-refractivity contribution in [3.05, 3.63) is 18.0 Å². The van der Waals surface area contributed by atoms with Crippen molar-refractivity contribution in [2.75, 3.05) is 37.7 Å². The van der Waals surface area contributed by atoms with E-state index in [0.29, 0.717) is 37.2 Å². The Labute approximate surface area is 145 Å². The van der Waals surface area contributed by atoms with Gasteiger partial charge in [0.15, 0.2) is 0 Å². The summed E-state index contributed by atoms with van der Waals surface area (Å²) in [6.07, 6.45) is 5.63. The van der Waals surface area contributed by atoms with E-state index >= 15 is 0 Å². The Kier molecular flexibility index (Phi) is 4.29.